The molecule has 19 heavy (non-hydrogen) atoms. The molecule has 1 aromatic heterocycles. The summed E-state index contributed by atoms with van der Waals surface area (Å²) in [4.78, 5) is 12.1. The highest BCUT2D eigenvalue weighted by molar-refractivity contribution is 6.04. The van der Waals surface area contributed by atoms with Crippen molar-refractivity contribution in [3.63, 3.8) is 0 Å². The van der Waals surface area contributed by atoms with Gasteiger partial charge in [0.15, 0.2) is 0 Å². The Hall–Kier alpha value is -2.23. The van der Waals surface area contributed by atoms with Gasteiger partial charge in [-0.25, -0.2) is 0 Å². The highest BCUT2D eigenvalue weighted by atomic mass is 16.1. The van der Waals surface area contributed by atoms with E-state index in [0.717, 1.165) is 12.1 Å². The summed E-state index contributed by atoms with van der Waals surface area (Å²) in [5.74, 6) is -0.154. The van der Waals surface area contributed by atoms with Crippen LogP contribution >= 0.6 is 0 Å². The Morgan fingerprint density at radius 1 is 1.26 bits per heavy atom. The number of hydrogen-bond acceptors (Lipinski definition) is 3. The zero-order valence-corrected chi connectivity index (χ0v) is 11.4. The summed E-state index contributed by atoms with van der Waals surface area (Å²) >= 11 is 0. The number of carbonyl (C=O) groups excluding carboxylic acids is 1. The van der Waals surface area contributed by atoms with Gasteiger partial charge in [0.2, 0.25) is 0 Å². The lowest BCUT2D eigenvalue weighted by Crippen LogP contribution is -2.14. The SMILES string of the molecule is CCc1cc(NC(=O)c2ccnnc2C)ccc1C. The smallest absolute Gasteiger partial charge is 0.257 e. The highest BCUT2D eigenvalue weighted by Gasteiger charge is 2.10. The van der Waals surface area contributed by atoms with Crippen LogP contribution in [-0.4, -0.2) is 16.1 Å². The van der Waals surface area contributed by atoms with Gasteiger partial charge in [-0.15, -0.1) is 0 Å². The van der Waals surface area contributed by atoms with Crippen molar-refractivity contribution in [3.8, 4) is 0 Å². The minimum atomic E-state index is -0.154. The summed E-state index contributed by atoms with van der Waals surface area (Å²) in [5, 5.41) is 10.5. The van der Waals surface area contributed by atoms with E-state index in [2.05, 4.69) is 29.4 Å². The van der Waals surface area contributed by atoms with E-state index in [4.69, 9.17) is 0 Å². The molecule has 4 heteroatoms. The quantitative estimate of drug-likeness (QED) is 0.917. The van der Waals surface area contributed by atoms with Crippen LogP contribution in [0, 0.1) is 13.8 Å². The van der Waals surface area contributed by atoms with E-state index in [0.29, 0.717) is 11.3 Å². The first-order valence-corrected chi connectivity index (χ1v) is 6.31. The summed E-state index contributed by atoms with van der Waals surface area (Å²) in [6, 6.07) is 7.62. The van der Waals surface area contributed by atoms with Gasteiger partial charge in [0.05, 0.1) is 17.5 Å². The van der Waals surface area contributed by atoms with Crippen LogP contribution in [0.3, 0.4) is 0 Å². The molecule has 4 nitrogen and oxygen atoms in total. The van der Waals surface area contributed by atoms with Crippen molar-refractivity contribution in [2.75, 3.05) is 5.32 Å². The van der Waals surface area contributed by atoms with Crippen molar-refractivity contribution in [3.05, 3.63) is 52.8 Å². The number of hydrogen-bond donors (Lipinski definition) is 1. The number of rotatable bonds is 3. The molecule has 0 saturated heterocycles. The summed E-state index contributed by atoms with van der Waals surface area (Å²) in [7, 11) is 0. The van der Waals surface area contributed by atoms with Crippen molar-refractivity contribution in [2.24, 2.45) is 0 Å². The van der Waals surface area contributed by atoms with Gasteiger partial charge in [0.1, 0.15) is 0 Å². The Morgan fingerprint density at radius 2 is 2.05 bits per heavy atom. The van der Waals surface area contributed by atoms with Crippen LogP contribution in [-0.2, 0) is 6.42 Å². The van der Waals surface area contributed by atoms with E-state index in [1.165, 1.54) is 17.3 Å². The first-order valence-electron chi connectivity index (χ1n) is 6.31. The predicted molar refractivity (Wildman–Crippen MR) is 75.3 cm³/mol. The third-order valence-corrected chi connectivity index (χ3v) is 3.14. The van der Waals surface area contributed by atoms with E-state index in [-0.39, 0.29) is 5.91 Å². The van der Waals surface area contributed by atoms with E-state index in [1.54, 1.807) is 13.0 Å². The summed E-state index contributed by atoms with van der Waals surface area (Å²) in [6.45, 7) is 5.95. The van der Waals surface area contributed by atoms with Gasteiger partial charge in [0.25, 0.3) is 5.91 Å². The number of amides is 1. The molecule has 1 heterocycles. The number of aryl methyl sites for hydroxylation is 3. The summed E-state index contributed by atoms with van der Waals surface area (Å²) in [6.07, 6.45) is 2.47. The fourth-order valence-electron chi connectivity index (χ4n) is 1.97. The first-order chi connectivity index (χ1) is 9.11. The van der Waals surface area contributed by atoms with Crippen LogP contribution in [0.1, 0.15) is 34.1 Å². The molecule has 0 aliphatic heterocycles. The molecular formula is C15H17N3O. The molecule has 2 aromatic rings. The Kier molecular flexibility index (Phi) is 3.90. The molecule has 0 fully saturated rings. The van der Waals surface area contributed by atoms with E-state index >= 15 is 0 Å². The molecule has 1 amide bonds. The molecule has 2 rings (SSSR count). The lowest BCUT2D eigenvalue weighted by Gasteiger charge is -2.09. The van der Waals surface area contributed by atoms with Crippen molar-refractivity contribution < 1.29 is 4.79 Å². The molecule has 0 bridgehead atoms. The van der Waals surface area contributed by atoms with Gasteiger partial charge in [-0.2, -0.15) is 10.2 Å². The number of benzene rings is 1. The fraction of sp³-hybridized carbons (Fsp3) is 0.267. The van der Waals surface area contributed by atoms with Gasteiger partial charge in [-0.3, -0.25) is 4.79 Å². The molecule has 0 unspecified atom stereocenters. The molecular weight excluding hydrogens is 238 g/mol. The zero-order chi connectivity index (χ0) is 13.8. The number of carbonyl (C=O) groups is 1. The average Bonchev–Trinajstić information content (AvgIpc) is 2.41. The van der Waals surface area contributed by atoms with E-state index < -0.39 is 0 Å². The van der Waals surface area contributed by atoms with Crippen molar-refractivity contribution in [2.45, 2.75) is 27.2 Å². The van der Waals surface area contributed by atoms with Crippen LogP contribution in [0.25, 0.3) is 0 Å². The molecule has 1 aromatic carbocycles. The van der Waals surface area contributed by atoms with Crippen LogP contribution in [0.4, 0.5) is 5.69 Å². The molecule has 0 aliphatic rings. The van der Waals surface area contributed by atoms with Crippen LogP contribution in [0.2, 0.25) is 0 Å². The lowest BCUT2D eigenvalue weighted by atomic mass is 10.1. The average molecular weight is 255 g/mol. The molecule has 0 aliphatic carbocycles. The maximum Gasteiger partial charge on any atom is 0.257 e. The maximum atomic E-state index is 12.1. The van der Waals surface area contributed by atoms with Gasteiger partial charge < -0.3 is 5.32 Å². The highest BCUT2D eigenvalue weighted by Crippen LogP contribution is 2.17. The van der Waals surface area contributed by atoms with Gasteiger partial charge >= 0.3 is 0 Å². The van der Waals surface area contributed by atoms with E-state index in [1.807, 2.05) is 18.2 Å². The Labute approximate surface area is 112 Å². The number of nitrogens with zero attached hydrogens (tertiary/aromatic N) is 2. The molecule has 0 saturated carbocycles. The number of nitrogens with one attached hydrogen (secondary N) is 1. The first kappa shape index (κ1) is 13.2. The normalized spacial score (nSPS) is 10.3. The molecule has 0 spiro atoms. The Morgan fingerprint density at radius 3 is 2.74 bits per heavy atom. The standard InChI is InChI=1S/C15H17N3O/c1-4-12-9-13(6-5-10(12)2)17-15(19)14-7-8-16-18-11(14)3/h5-9H,4H2,1-3H3,(H,17,19). The van der Waals surface area contributed by atoms with Crippen molar-refractivity contribution >= 4 is 11.6 Å². The minimum Gasteiger partial charge on any atom is -0.322 e. The maximum absolute atomic E-state index is 12.1. The molecule has 0 radical (unpaired) electrons. The molecule has 1 N–H and O–H groups in total. The van der Waals surface area contributed by atoms with Gasteiger partial charge in [0, 0.05) is 5.69 Å². The Balaban J connectivity index is 2.22. The third-order valence-electron chi connectivity index (χ3n) is 3.14. The molecule has 98 valence electrons. The summed E-state index contributed by atoms with van der Waals surface area (Å²) < 4.78 is 0. The minimum absolute atomic E-state index is 0.154. The Bertz CT molecular complexity index is 608. The largest absolute Gasteiger partial charge is 0.322 e. The second kappa shape index (κ2) is 5.61. The third kappa shape index (κ3) is 2.96. The zero-order valence-electron chi connectivity index (χ0n) is 11.4. The van der Waals surface area contributed by atoms with Crippen molar-refractivity contribution in [1.29, 1.82) is 0 Å². The second-order valence-corrected chi connectivity index (χ2v) is 4.48. The fourth-order valence-corrected chi connectivity index (χ4v) is 1.97. The van der Waals surface area contributed by atoms with Crippen LogP contribution in [0.15, 0.2) is 30.5 Å². The monoisotopic (exact) mass is 255 g/mol. The van der Waals surface area contributed by atoms with Crippen LogP contribution < -0.4 is 5.32 Å². The predicted octanol–water partition coefficient (Wildman–Crippen LogP) is 2.91. The number of aromatic nitrogens is 2. The molecule has 0 atom stereocenters. The summed E-state index contributed by atoms with van der Waals surface area (Å²) in [5.41, 5.74) is 4.46. The topological polar surface area (TPSA) is 54.9 Å². The lowest BCUT2D eigenvalue weighted by molar-refractivity contribution is 0.102. The van der Waals surface area contributed by atoms with Gasteiger partial charge in [-0.05, 0) is 49.6 Å². The van der Waals surface area contributed by atoms with E-state index in [9.17, 15) is 4.79 Å². The van der Waals surface area contributed by atoms with Crippen molar-refractivity contribution in [1.82, 2.24) is 10.2 Å². The number of anilines is 1. The van der Waals surface area contributed by atoms with Crippen LogP contribution in [0.5, 0.6) is 0 Å². The van der Waals surface area contributed by atoms with Gasteiger partial charge in [-0.1, -0.05) is 13.0 Å². The second-order valence-electron chi connectivity index (χ2n) is 4.48.